The Balaban J connectivity index is 1.88. The molecule has 0 saturated heterocycles. The number of hydrogen-bond donors (Lipinski definition) is 1. The lowest BCUT2D eigenvalue weighted by Gasteiger charge is -2.09. The summed E-state index contributed by atoms with van der Waals surface area (Å²) in [6, 6.07) is 0. The molecule has 0 aromatic carbocycles. The molecule has 7 nitrogen and oxygen atoms in total. The van der Waals surface area contributed by atoms with E-state index >= 15 is 0 Å². The van der Waals surface area contributed by atoms with Crippen molar-refractivity contribution in [2.45, 2.75) is 32.1 Å². The Kier molecular flexibility index (Phi) is 3.48. The highest BCUT2D eigenvalue weighted by molar-refractivity contribution is 5.71. The van der Waals surface area contributed by atoms with Gasteiger partial charge in [0.2, 0.25) is 11.7 Å². The Morgan fingerprint density at radius 2 is 2.33 bits per heavy atom. The molecular weight excluding hydrogens is 272 g/mol. The van der Waals surface area contributed by atoms with Gasteiger partial charge < -0.3 is 14.2 Å². The predicted octanol–water partition coefficient (Wildman–Crippen LogP) is 2.07. The molecule has 0 aliphatic heterocycles. The van der Waals surface area contributed by atoms with E-state index in [1.54, 1.807) is 17.0 Å². The molecule has 2 aromatic rings. The van der Waals surface area contributed by atoms with E-state index in [4.69, 9.17) is 4.52 Å². The SMILES string of the molecule is CCC1CC(C(=O)O)C(c2nc(-c3nccn3C)no2)C1. The summed E-state index contributed by atoms with van der Waals surface area (Å²) >= 11 is 0. The van der Waals surface area contributed by atoms with E-state index in [0.717, 1.165) is 12.8 Å². The maximum absolute atomic E-state index is 11.4. The number of imidazole rings is 1. The zero-order chi connectivity index (χ0) is 15.0. The molecule has 7 heteroatoms. The number of nitrogens with zero attached hydrogens (tertiary/aromatic N) is 4. The summed E-state index contributed by atoms with van der Waals surface area (Å²) < 4.78 is 7.12. The summed E-state index contributed by atoms with van der Waals surface area (Å²) in [4.78, 5) is 20.0. The first-order valence-electron chi connectivity index (χ1n) is 7.14. The van der Waals surface area contributed by atoms with Crippen molar-refractivity contribution in [1.29, 1.82) is 0 Å². The minimum absolute atomic E-state index is 0.200. The fourth-order valence-electron chi connectivity index (χ4n) is 3.08. The van der Waals surface area contributed by atoms with Crippen LogP contribution >= 0.6 is 0 Å². The maximum atomic E-state index is 11.4. The van der Waals surface area contributed by atoms with Crippen molar-refractivity contribution >= 4 is 5.97 Å². The van der Waals surface area contributed by atoms with Crippen molar-refractivity contribution in [2.75, 3.05) is 0 Å². The van der Waals surface area contributed by atoms with Gasteiger partial charge in [0, 0.05) is 19.4 Å². The summed E-state index contributed by atoms with van der Waals surface area (Å²) in [6.07, 6.45) is 5.90. The monoisotopic (exact) mass is 290 g/mol. The van der Waals surface area contributed by atoms with Crippen molar-refractivity contribution in [3.05, 3.63) is 18.3 Å². The Hall–Kier alpha value is -2.18. The molecule has 1 N–H and O–H groups in total. The van der Waals surface area contributed by atoms with Crippen LogP contribution in [0.2, 0.25) is 0 Å². The third kappa shape index (κ3) is 2.43. The molecule has 0 spiro atoms. The molecule has 21 heavy (non-hydrogen) atoms. The minimum Gasteiger partial charge on any atom is -0.481 e. The Morgan fingerprint density at radius 1 is 1.52 bits per heavy atom. The Morgan fingerprint density at radius 3 is 2.95 bits per heavy atom. The summed E-state index contributed by atoms with van der Waals surface area (Å²) in [5.74, 6) is 0.408. The molecule has 112 valence electrons. The zero-order valence-electron chi connectivity index (χ0n) is 12.1. The van der Waals surface area contributed by atoms with Crippen LogP contribution in [-0.2, 0) is 11.8 Å². The number of hydrogen-bond acceptors (Lipinski definition) is 5. The van der Waals surface area contributed by atoms with Gasteiger partial charge >= 0.3 is 5.97 Å². The van der Waals surface area contributed by atoms with Crippen LogP contribution in [0.25, 0.3) is 11.6 Å². The summed E-state index contributed by atoms with van der Waals surface area (Å²) in [7, 11) is 1.85. The number of aliphatic carboxylic acids is 1. The van der Waals surface area contributed by atoms with Crippen LogP contribution in [0.3, 0.4) is 0 Å². The minimum atomic E-state index is -0.785. The molecule has 1 aliphatic rings. The van der Waals surface area contributed by atoms with Crippen LogP contribution < -0.4 is 0 Å². The highest BCUT2D eigenvalue weighted by atomic mass is 16.5. The zero-order valence-corrected chi connectivity index (χ0v) is 12.1. The van der Waals surface area contributed by atoms with Gasteiger partial charge in [0.05, 0.1) is 11.8 Å². The average molecular weight is 290 g/mol. The first-order chi connectivity index (χ1) is 10.1. The fraction of sp³-hybridized carbons (Fsp3) is 0.571. The third-order valence-electron chi connectivity index (χ3n) is 4.33. The van der Waals surface area contributed by atoms with Crippen molar-refractivity contribution in [3.63, 3.8) is 0 Å². The molecule has 1 fully saturated rings. The highest BCUT2D eigenvalue weighted by Gasteiger charge is 2.42. The van der Waals surface area contributed by atoms with Gasteiger partial charge in [-0.05, 0) is 18.8 Å². The number of rotatable bonds is 4. The van der Waals surface area contributed by atoms with Gasteiger partial charge in [-0.25, -0.2) is 4.98 Å². The van der Waals surface area contributed by atoms with E-state index < -0.39 is 11.9 Å². The molecule has 0 bridgehead atoms. The molecule has 0 radical (unpaired) electrons. The first-order valence-corrected chi connectivity index (χ1v) is 7.14. The second-order valence-corrected chi connectivity index (χ2v) is 5.61. The molecule has 1 saturated carbocycles. The van der Waals surface area contributed by atoms with E-state index in [9.17, 15) is 9.90 Å². The van der Waals surface area contributed by atoms with E-state index in [1.807, 2.05) is 7.05 Å². The van der Waals surface area contributed by atoms with Gasteiger partial charge in [-0.15, -0.1) is 0 Å². The predicted molar refractivity (Wildman–Crippen MR) is 73.4 cm³/mol. The van der Waals surface area contributed by atoms with Crippen molar-refractivity contribution in [3.8, 4) is 11.6 Å². The average Bonchev–Trinajstić information content (AvgIpc) is 3.15. The Labute approximate surface area is 122 Å². The van der Waals surface area contributed by atoms with Gasteiger partial charge in [-0.2, -0.15) is 4.98 Å². The van der Waals surface area contributed by atoms with Crippen molar-refractivity contribution in [1.82, 2.24) is 19.7 Å². The lowest BCUT2D eigenvalue weighted by atomic mass is 9.96. The molecule has 3 rings (SSSR count). The van der Waals surface area contributed by atoms with Crippen molar-refractivity contribution < 1.29 is 14.4 Å². The van der Waals surface area contributed by atoms with Crippen LogP contribution in [-0.4, -0.2) is 30.8 Å². The Bertz CT molecular complexity index is 648. The fourth-order valence-corrected chi connectivity index (χ4v) is 3.08. The van der Waals surface area contributed by atoms with Gasteiger partial charge in [-0.3, -0.25) is 4.79 Å². The quantitative estimate of drug-likeness (QED) is 0.926. The number of aryl methyl sites for hydroxylation is 1. The van der Waals surface area contributed by atoms with Crippen LogP contribution in [0.4, 0.5) is 0 Å². The van der Waals surface area contributed by atoms with E-state index in [1.165, 1.54) is 0 Å². The normalized spacial score (nSPS) is 25.3. The van der Waals surface area contributed by atoms with Crippen LogP contribution in [0.15, 0.2) is 16.9 Å². The topological polar surface area (TPSA) is 94.0 Å². The number of aromatic nitrogens is 4. The molecule has 3 unspecified atom stereocenters. The van der Waals surface area contributed by atoms with Gasteiger partial charge in [-0.1, -0.05) is 18.5 Å². The standard InChI is InChI=1S/C14H18N4O3/c1-3-8-6-9(10(7-8)14(19)20)13-16-11(17-21-13)12-15-4-5-18(12)2/h4-5,8-10H,3,6-7H2,1-2H3,(H,19,20). The molecule has 3 atom stereocenters. The number of carboxylic acid groups (broad SMARTS) is 1. The second kappa shape index (κ2) is 5.31. The second-order valence-electron chi connectivity index (χ2n) is 5.61. The highest BCUT2D eigenvalue weighted by Crippen LogP contribution is 2.44. The molecule has 2 heterocycles. The molecule has 2 aromatic heterocycles. The number of carboxylic acids is 1. The maximum Gasteiger partial charge on any atom is 0.307 e. The first kappa shape index (κ1) is 13.8. The van der Waals surface area contributed by atoms with Gasteiger partial charge in [0.1, 0.15) is 0 Å². The van der Waals surface area contributed by atoms with Crippen LogP contribution in [0, 0.1) is 11.8 Å². The third-order valence-corrected chi connectivity index (χ3v) is 4.33. The summed E-state index contributed by atoms with van der Waals surface area (Å²) in [5, 5.41) is 13.3. The molecule has 1 aliphatic carbocycles. The van der Waals surface area contributed by atoms with Gasteiger partial charge in [0.25, 0.3) is 0 Å². The summed E-state index contributed by atoms with van der Waals surface area (Å²) in [5.41, 5.74) is 0. The lowest BCUT2D eigenvalue weighted by Crippen LogP contribution is -2.17. The smallest absolute Gasteiger partial charge is 0.307 e. The number of carbonyl (C=O) groups is 1. The van der Waals surface area contributed by atoms with Crippen LogP contribution in [0.5, 0.6) is 0 Å². The van der Waals surface area contributed by atoms with Crippen LogP contribution in [0.1, 0.15) is 38.0 Å². The largest absolute Gasteiger partial charge is 0.481 e. The van der Waals surface area contributed by atoms with E-state index in [0.29, 0.717) is 29.9 Å². The molecular formula is C14H18N4O3. The van der Waals surface area contributed by atoms with Crippen molar-refractivity contribution in [2.24, 2.45) is 18.9 Å². The van der Waals surface area contributed by atoms with E-state index in [2.05, 4.69) is 22.0 Å². The lowest BCUT2D eigenvalue weighted by molar-refractivity contribution is -0.142. The van der Waals surface area contributed by atoms with Gasteiger partial charge in [0.15, 0.2) is 5.82 Å². The van der Waals surface area contributed by atoms with E-state index in [-0.39, 0.29) is 5.92 Å². The molecule has 0 amide bonds. The summed E-state index contributed by atoms with van der Waals surface area (Å²) in [6.45, 7) is 2.08.